The van der Waals surface area contributed by atoms with Crippen molar-refractivity contribution in [3.8, 4) is 5.75 Å². The van der Waals surface area contributed by atoms with E-state index in [1.807, 2.05) is 6.07 Å². The number of methoxy groups -OCH3 is 1. The summed E-state index contributed by atoms with van der Waals surface area (Å²) in [5.41, 5.74) is 7.25. The van der Waals surface area contributed by atoms with Crippen LogP contribution in [0.2, 0.25) is 0 Å². The normalized spacial score (nSPS) is 15.9. The minimum absolute atomic E-state index is 0.0300. The van der Waals surface area contributed by atoms with Gasteiger partial charge in [-0.2, -0.15) is 0 Å². The maximum Gasteiger partial charge on any atom is 0.176 e. The number of Topliss-reactive ketones (excluding diaryl/α,β-unsaturated/α-hetero) is 1. The van der Waals surface area contributed by atoms with Gasteiger partial charge in [-0.05, 0) is 52.4 Å². The molecule has 98 valence electrons. The molecule has 1 saturated carbocycles. The predicted octanol–water partition coefficient (Wildman–Crippen LogP) is 3.26. The number of halogens is 1. The molecular weight excluding hydrogens is 294 g/mol. The Bertz CT molecular complexity index is 453. The first kappa shape index (κ1) is 13.6. The van der Waals surface area contributed by atoms with Gasteiger partial charge in [0.25, 0.3) is 0 Å². The van der Waals surface area contributed by atoms with Gasteiger partial charge in [0.1, 0.15) is 5.75 Å². The van der Waals surface area contributed by atoms with Crippen LogP contribution in [0.1, 0.15) is 47.5 Å². The second-order valence-electron chi connectivity index (χ2n) is 4.69. The highest BCUT2D eigenvalue weighted by atomic mass is 79.9. The van der Waals surface area contributed by atoms with Crippen LogP contribution in [0, 0.1) is 0 Å². The number of rotatable bonds is 4. The van der Waals surface area contributed by atoms with Gasteiger partial charge in [-0.3, -0.25) is 4.79 Å². The Hall–Kier alpha value is -0.870. The quantitative estimate of drug-likeness (QED) is 0.868. The lowest BCUT2D eigenvalue weighted by Gasteiger charge is -2.17. The Morgan fingerprint density at radius 3 is 2.67 bits per heavy atom. The molecule has 0 spiro atoms. The van der Waals surface area contributed by atoms with Crippen molar-refractivity contribution in [1.29, 1.82) is 0 Å². The van der Waals surface area contributed by atoms with Crippen LogP contribution in [0.25, 0.3) is 0 Å². The van der Waals surface area contributed by atoms with E-state index in [0.717, 1.165) is 15.8 Å². The SMILES string of the molecule is COc1c(Br)cc(C(=O)CN)cc1C1CCCC1. The highest BCUT2D eigenvalue weighted by Crippen LogP contribution is 2.42. The minimum Gasteiger partial charge on any atom is -0.495 e. The molecule has 1 fully saturated rings. The lowest BCUT2D eigenvalue weighted by Crippen LogP contribution is -2.14. The summed E-state index contributed by atoms with van der Waals surface area (Å²) >= 11 is 3.48. The molecule has 1 aliphatic rings. The monoisotopic (exact) mass is 311 g/mol. The van der Waals surface area contributed by atoms with Gasteiger partial charge < -0.3 is 10.5 Å². The van der Waals surface area contributed by atoms with Crippen LogP contribution < -0.4 is 10.5 Å². The van der Waals surface area contributed by atoms with Crippen molar-refractivity contribution < 1.29 is 9.53 Å². The summed E-state index contributed by atoms with van der Waals surface area (Å²) in [7, 11) is 1.67. The summed E-state index contributed by atoms with van der Waals surface area (Å²) in [5, 5.41) is 0. The van der Waals surface area contributed by atoms with E-state index in [1.54, 1.807) is 13.2 Å². The van der Waals surface area contributed by atoms with E-state index in [4.69, 9.17) is 10.5 Å². The highest BCUT2D eigenvalue weighted by molar-refractivity contribution is 9.10. The van der Waals surface area contributed by atoms with Gasteiger partial charge in [0.05, 0.1) is 18.1 Å². The van der Waals surface area contributed by atoms with E-state index >= 15 is 0 Å². The van der Waals surface area contributed by atoms with Gasteiger partial charge in [-0.25, -0.2) is 0 Å². The largest absolute Gasteiger partial charge is 0.495 e. The van der Waals surface area contributed by atoms with Crippen LogP contribution >= 0.6 is 15.9 Å². The molecular formula is C14H18BrNO2. The summed E-state index contributed by atoms with van der Waals surface area (Å²) in [6.07, 6.45) is 4.84. The summed E-state index contributed by atoms with van der Waals surface area (Å²) in [6.45, 7) is 0.0445. The lowest BCUT2D eigenvalue weighted by atomic mass is 9.94. The third-order valence-electron chi connectivity index (χ3n) is 3.58. The van der Waals surface area contributed by atoms with Gasteiger partial charge in [0, 0.05) is 5.56 Å². The molecule has 1 aliphatic carbocycles. The Morgan fingerprint density at radius 1 is 1.44 bits per heavy atom. The second kappa shape index (κ2) is 5.85. The summed E-state index contributed by atoms with van der Waals surface area (Å²) in [5.74, 6) is 1.33. The number of benzene rings is 1. The molecule has 0 aromatic heterocycles. The van der Waals surface area contributed by atoms with Crippen molar-refractivity contribution in [2.45, 2.75) is 31.6 Å². The van der Waals surface area contributed by atoms with E-state index in [9.17, 15) is 4.79 Å². The second-order valence-corrected chi connectivity index (χ2v) is 5.54. The fourth-order valence-electron chi connectivity index (χ4n) is 2.65. The van der Waals surface area contributed by atoms with E-state index < -0.39 is 0 Å². The smallest absolute Gasteiger partial charge is 0.176 e. The van der Waals surface area contributed by atoms with Crippen LogP contribution in [-0.2, 0) is 0 Å². The standard InChI is InChI=1S/C14H18BrNO2/c1-18-14-11(9-4-2-3-5-9)6-10(7-12(14)15)13(17)8-16/h6-7,9H,2-5,8,16H2,1H3. The first-order valence-corrected chi connectivity index (χ1v) is 7.07. The van der Waals surface area contributed by atoms with Crippen LogP contribution in [0.15, 0.2) is 16.6 Å². The molecule has 18 heavy (non-hydrogen) atoms. The third kappa shape index (κ3) is 2.59. The molecule has 0 bridgehead atoms. The summed E-state index contributed by atoms with van der Waals surface area (Å²) in [6, 6.07) is 3.75. The molecule has 0 heterocycles. The highest BCUT2D eigenvalue weighted by Gasteiger charge is 2.23. The van der Waals surface area contributed by atoms with Crippen LogP contribution in [0.5, 0.6) is 5.75 Å². The van der Waals surface area contributed by atoms with E-state index in [1.165, 1.54) is 25.7 Å². The van der Waals surface area contributed by atoms with Crippen molar-refractivity contribution in [2.24, 2.45) is 5.73 Å². The van der Waals surface area contributed by atoms with Crippen molar-refractivity contribution in [3.63, 3.8) is 0 Å². The zero-order valence-corrected chi connectivity index (χ0v) is 12.1. The minimum atomic E-state index is -0.0300. The van der Waals surface area contributed by atoms with Crippen molar-refractivity contribution >= 4 is 21.7 Å². The number of hydrogen-bond acceptors (Lipinski definition) is 3. The average Bonchev–Trinajstić information content (AvgIpc) is 2.90. The molecule has 1 aromatic carbocycles. The number of nitrogens with two attached hydrogens (primary N) is 1. The molecule has 2 rings (SSSR count). The van der Waals surface area contributed by atoms with Gasteiger partial charge in [-0.15, -0.1) is 0 Å². The van der Waals surface area contributed by atoms with Crippen LogP contribution in [0.4, 0.5) is 0 Å². The number of ether oxygens (including phenoxy) is 1. The lowest BCUT2D eigenvalue weighted by molar-refractivity contribution is 0.100. The van der Waals surface area contributed by atoms with E-state index in [2.05, 4.69) is 15.9 Å². The number of carbonyl (C=O) groups is 1. The van der Waals surface area contributed by atoms with E-state index in [0.29, 0.717) is 11.5 Å². The first-order valence-electron chi connectivity index (χ1n) is 6.28. The fourth-order valence-corrected chi connectivity index (χ4v) is 3.29. The van der Waals surface area contributed by atoms with Crippen molar-refractivity contribution in [1.82, 2.24) is 0 Å². The Labute approximate surface area is 116 Å². The molecule has 0 saturated heterocycles. The summed E-state index contributed by atoms with van der Waals surface area (Å²) < 4.78 is 6.31. The molecule has 3 nitrogen and oxygen atoms in total. The van der Waals surface area contributed by atoms with Crippen molar-refractivity contribution in [3.05, 3.63) is 27.7 Å². The summed E-state index contributed by atoms with van der Waals surface area (Å²) in [4.78, 5) is 11.7. The number of ketones is 1. The maximum absolute atomic E-state index is 11.7. The van der Waals surface area contributed by atoms with Gasteiger partial charge in [0.15, 0.2) is 5.78 Å². The zero-order valence-electron chi connectivity index (χ0n) is 10.5. The average molecular weight is 312 g/mol. The molecule has 0 unspecified atom stereocenters. The molecule has 1 aromatic rings. The maximum atomic E-state index is 11.7. The Balaban J connectivity index is 2.46. The predicted molar refractivity (Wildman–Crippen MR) is 75.3 cm³/mol. The molecule has 0 atom stereocenters. The molecule has 2 N–H and O–H groups in total. The Morgan fingerprint density at radius 2 is 2.11 bits per heavy atom. The van der Waals surface area contributed by atoms with E-state index in [-0.39, 0.29) is 12.3 Å². The van der Waals surface area contributed by atoms with Gasteiger partial charge in [0.2, 0.25) is 0 Å². The van der Waals surface area contributed by atoms with Crippen LogP contribution in [-0.4, -0.2) is 19.4 Å². The van der Waals surface area contributed by atoms with Gasteiger partial charge in [-0.1, -0.05) is 12.8 Å². The molecule has 0 radical (unpaired) electrons. The fraction of sp³-hybridized carbons (Fsp3) is 0.500. The van der Waals surface area contributed by atoms with Crippen molar-refractivity contribution in [2.75, 3.05) is 13.7 Å². The number of carbonyl (C=O) groups excluding carboxylic acids is 1. The third-order valence-corrected chi connectivity index (χ3v) is 4.17. The molecule has 4 heteroatoms. The first-order chi connectivity index (χ1) is 8.67. The molecule has 0 amide bonds. The van der Waals surface area contributed by atoms with Gasteiger partial charge >= 0.3 is 0 Å². The Kier molecular flexibility index (Phi) is 4.40. The number of hydrogen-bond donors (Lipinski definition) is 1. The molecule has 0 aliphatic heterocycles. The topological polar surface area (TPSA) is 52.3 Å². The zero-order chi connectivity index (χ0) is 13.1. The van der Waals surface area contributed by atoms with Crippen LogP contribution in [0.3, 0.4) is 0 Å².